The lowest BCUT2D eigenvalue weighted by atomic mass is 10.1. The number of nitrogens with zero attached hydrogens (tertiary/aromatic N) is 3. The van der Waals surface area contributed by atoms with Crippen molar-refractivity contribution in [2.75, 3.05) is 33.7 Å². The smallest absolute Gasteiger partial charge is 0.325 e. The lowest BCUT2D eigenvalue weighted by molar-refractivity contribution is -0.133. The lowest BCUT2D eigenvalue weighted by Crippen LogP contribution is -2.46. The molecule has 0 bridgehead atoms. The van der Waals surface area contributed by atoms with E-state index in [1.807, 2.05) is 0 Å². The van der Waals surface area contributed by atoms with Crippen molar-refractivity contribution in [2.24, 2.45) is 0 Å². The van der Waals surface area contributed by atoms with E-state index in [0.29, 0.717) is 13.1 Å². The van der Waals surface area contributed by atoms with E-state index < -0.39 is 5.54 Å². The predicted octanol–water partition coefficient (Wildman–Crippen LogP) is -0.131. The number of amides is 4. The second-order valence-corrected chi connectivity index (χ2v) is 6.44. The Bertz CT molecular complexity index is 461. The maximum atomic E-state index is 12.1. The van der Waals surface area contributed by atoms with Crippen LogP contribution < -0.4 is 5.32 Å². The van der Waals surface area contributed by atoms with Crippen LogP contribution in [0.2, 0.25) is 0 Å². The van der Waals surface area contributed by atoms with E-state index in [9.17, 15) is 14.4 Å². The van der Waals surface area contributed by atoms with Crippen LogP contribution in [0.5, 0.6) is 0 Å². The van der Waals surface area contributed by atoms with Crippen LogP contribution >= 0.6 is 0 Å². The molecule has 0 aromatic carbocycles. The highest BCUT2D eigenvalue weighted by atomic mass is 16.2. The molecule has 2 saturated heterocycles. The van der Waals surface area contributed by atoms with Gasteiger partial charge in [-0.15, -0.1) is 0 Å². The number of nitrogens with one attached hydrogen (secondary N) is 1. The monoisotopic (exact) mass is 296 g/mol. The highest BCUT2D eigenvalue weighted by Crippen LogP contribution is 2.20. The largest absolute Gasteiger partial charge is 0.347 e. The Hall–Kier alpha value is -1.63. The third kappa shape index (κ3) is 3.02. The van der Waals surface area contributed by atoms with Crippen LogP contribution in [0.15, 0.2) is 0 Å². The average Bonchev–Trinajstić information content (AvgIpc) is 2.91. The molecule has 2 fully saturated rings. The van der Waals surface area contributed by atoms with Gasteiger partial charge in [0.2, 0.25) is 5.91 Å². The van der Waals surface area contributed by atoms with Gasteiger partial charge in [0.15, 0.2) is 0 Å². The first kappa shape index (κ1) is 15.8. The molecule has 118 valence electrons. The molecule has 21 heavy (non-hydrogen) atoms. The van der Waals surface area contributed by atoms with Crippen molar-refractivity contribution in [3.05, 3.63) is 0 Å². The molecule has 4 amide bonds. The van der Waals surface area contributed by atoms with E-state index in [-0.39, 0.29) is 23.9 Å². The fourth-order valence-corrected chi connectivity index (χ4v) is 2.92. The van der Waals surface area contributed by atoms with Crippen LogP contribution in [0.4, 0.5) is 4.79 Å². The molecule has 0 spiro atoms. The fourth-order valence-electron chi connectivity index (χ4n) is 2.92. The summed E-state index contributed by atoms with van der Waals surface area (Å²) in [5.74, 6) is -0.118. The van der Waals surface area contributed by atoms with Crippen LogP contribution in [0.1, 0.15) is 26.7 Å². The number of rotatable bonds is 4. The van der Waals surface area contributed by atoms with Crippen molar-refractivity contribution < 1.29 is 14.4 Å². The molecule has 2 heterocycles. The summed E-state index contributed by atoms with van der Waals surface area (Å²) in [5, 5.41) is 2.66. The van der Waals surface area contributed by atoms with Gasteiger partial charge in [0, 0.05) is 27.2 Å². The van der Waals surface area contributed by atoms with Crippen LogP contribution in [0, 0.1) is 0 Å². The molecule has 0 aliphatic carbocycles. The highest BCUT2D eigenvalue weighted by Gasteiger charge is 2.44. The van der Waals surface area contributed by atoms with Crippen molar-refractivity contribution in [3.8, 4) is 0 Å². The summed E-state index contributed by atoms with van der Waals surface area (Å²) in [5.41, 5.74) is -0.832. The molecule has 1 unspecified atom stereocenters. The number of urea groups is 1. The Balaban J connectivity index is 1.95. The summed E-state index contributed by atoms with van der Waals surface area (Å²) < 4.78 is 0. The van der Waals surface area contributed by atoms with E-state index in [4.69, 9.17) is 0 Å². The van der Waals surface area contributed by atoms with E-state index >= 15 is 0 Å². The number of likely N-dealkylation sites (N-methyl/N-ethyl adjacent to an activating group) is 1. The Morgan fingerprint density at radius 1 is 1.33 bits per heavy atom. The number of hydrogen-bond acceptors (Lipinski definition) is 4. The maximum Gasteiger partial charge on any atom is 0.325 e. The summed E-state index contributed by atoms with van der Waals surface area (Å²) in [4.78, 5) is 41.0. The molecule has 0 radical (unpaired) electrons. The van der Waals surface area contributed by atoms with Crippen molar-refractivity contribution in [1.82, 2.24) is 20.0 Å². The van der Waals surface area contributed by atoms with Gasteiger partial charge in [0.1, 0.15) is 5.54 Å². The van der Waals surface area contributed by atoms with Crippen molar-refractivity contribution in [2.45, 2.75) is 38.3 Å². The number of imide groups is 1. The molecule has 7 heteroatoms. The molecule has 1 N–H and O–H groups in total. The lowest BCUT2D eigenvalue weighted by Gasteiger charge is -2.27. The summed E-state index contributed by atoms with van der Waals surface area (Å²) in [6.45, 7) is 5.09. The maximum absolute atomic E-state index is 12.1. The summed E-state index contributed by atoms with van der Waals surface area (Å²) in [6, 6.07) is -0.478. The van der Waals surface area contributed by atoms with Crippen LogP contribution in [0.25, 0.3) is 0 Å². The third-order valence-electron chi connectivity index (χ3n) is 4.14. The Kier molecular flexibility index (Phi) is 4.22. The second-order valence-electron chi connectivity index (χ2n) is 6.44. The SMILES string of the molecule is CN(C)C(=O)C1CCCN1CCN1C(=O)NC(C)(C)C1=O. The number of likely N-dealkylation sites (tertiary alicyclic amines) is 1. The molecule has 0 saturated carbocycles. The number of carbonyl (C=O) groups is 3. The summed E-state index contributed by atoms with van der Waals surface area (Å²) >= 11 is 0. The fraction of sp³-hybridized carbons (Fsp3) is 0.786. The van der Waals surface area contributed by atoms with E-state index in [1.54, 1.807) is 32.8 Å². The third-order valence-corrected chi connectivity index (χ3v) is 4.14. The molecular weight excluding hydrogens is 272 g/mol. The second kappa shape index (κ2) is 5.63. The minimum absolute atomic E-state index is 0.0880. The van der Waals surface area contributed by atoms with Gasteiger partial charge in [-0.25, -0.2) is 4.79 Å². The van der Waals surface area contributed by atoms with Crippen LogP contribution in [-0.4, -0.2) is 77.9 Å². The molecule has 2 aliphatic rings. The van der Waals surface area contributed by atoms with Gasteiger partial charge in [-0.2, -0.15) is 0 Å². The zero-order chi connectivity index (χ0) is 15.8. The number of hydrogen-bond donors (Lipinski definition) is 1. The van der Waals surface area contributed by atoms with Gasteiger partial charge in [0.05, 0.1) is 6.04 Å². The molecule has 2 rings (SSSR count). The first-order valence-corrected chi connectivity index (χ1v) is 7.33. The predicted molar refractivity (Wildman–Crippen MR) is 77.6 cm³/mol. The molecule has 7 nitrogen and oxygen atoms in total. The first-order chi connectivity index (χ1) is 9.74. The van der Waals surface area contributed by atoms with Gasteiger partial charge in [0.25, 0.3) is 5.91 Å². The van der Waals surface area contributed by atoms with Gasteiger partial charge in [-0.05, 0) is 33.2 Å². The Labute approximate surface area is 125 Å². The quantitative estimate of drug-likeness (QED) is 0.734. The van der Waals surface area contributed by atoms with E-state index in [2.05, 4.69) is 10.2 Å². The van der Waals surface area contributed by atoms with Crippen molar-refractivity contribution in [3.63, 3.8) is 0 Å². The molecule has 1 atom stereocenters. The molecule has 0 aromatic rings. The Morgan fingerprint density at radius 2 is 2.00 bits per heavy atom. The van der Waals surface area contributed by atoms with Crippen LogP contribution in [-0.2, 0) is 9.59 Å². The minimum Gasteiger partial charge on any atom is -0.347 e. The minimum atomic E-state index is -0.832. The van der Waals surface area contributed by atoms with E-state index in [0.717, 1.165) is 19.4 Å². The molecular formula is C14H24N4O3. The van der Waals surface area contributed by atoms with Crippen molar-refractivity contribution in [1.29, 1.82) is 0 Å². The zero-order valence-corrected chi connectivity index (χ0v) is 13.2. The van der Waals surface area contributed by atoms with Crippen LogP contribution in [0.3, 0.4) is 0 Å². The van der Waals surface area contributed by atoms with E-state index in [1.165, 1.54) is 4.90 Å². The highest BCUT2D eigenvalue weighted by molar-refractivity contribution is 6.06. The van der Waals surface area contributed by atoms with Gasteiger partial charge in [-0.1, -0.05) is 0 Å². The standard InChI is InChI=1S/C14H24N4O3/c1-14(2)12(20)18(13(21)15-14)9-8-17-7-5-6-10(17)11(19)16(3)4/h10H,5-9H2,1-4H3,(H,15,21). The van der Waals surface area contributed by atoms with Gasteiger partial charge < -0.3 is 10.2 Å². The Morgan fingerprint density at radius 3 is 2.52 bits per heavy atom. The number of carbonyl (C=O) groups excluding carboxylic acids is 3. The first-order valence-electron chi connectivity index (χ1n) is 7.33. The summed E-state index contributed by atoms with van der Waals surface area (Å²) in [7, 11) is 3.50. The summed E-state index contributed by atoms with van der Waals surface area (Å²) in [6.07, 6.45) is 1.80. The van der Waals surface area contributed by atoms with Gasteiger partial charge >= 0.3 is 6.03 Å². The van der Waals surface area contributed by atoms with Crippen molar-refractivity contribution >= 4 is 17.8 Å². The molecule has 0 aromatic heterocycles. The normalized spacial score (nSPS) is 25.3. The topological polar surface area (TPSA) is 73.0 Å². The average molecular weight is 296 g/mol. The zero-order valence-electron chi connectivity index (χ0n) is 13.2. The van der Waals surface area contributed by atoms with Gasteiger partial charge in [-0.3, -0.25) is 19.4 Å². The molecule has 2 aliphatic heterocycles.